The van der Waals surface area contributed by atoms with Crippen molar-refractivity contribution in [2.75, 3.05) is 6.54 Å². The molecule has 39 heavy (non-hydrogen) atoms. The van der Waals surface area contributed by atoms with Gasteiger partial charge in [0.2, 0.25) is 11.8 Å². The molecule has 1 fully saturated rings. The summed E-state index contributed by atoms with van der Waals surface area (Å²) in [5, 5.41) is 2.34. The molecule has 1 N–H and O–H groups in total. The van der Waals surface area contributed by atoms with Crippen LogP contribution in [0.4, 0.5) is 0 Å². The van der Waals surface area contributed by atoms with Crippen molar-refractivity contribution in [3.05, 3.63) is 101 Å². The largest absolute Gasteiger partial charge is 0.489 e. The van der Waals surface area contributed by atoms with Gasteiger partial charge in [-0.25, -0.2) is 0 Å². The average Bonchev–Trinajstić information content (AvgIpc) is 3.48. The van der Waals surface area contributed by atoms with Gasteiger partial charge in [0.05, 0.1) is 18.4 Å². The smallest absolute Gasteiger partial charge is 0.255 e. The molecule has 3 aliphatic rings. The third kappa shape index (κ3) is 5.02. The number of piperidine rings is 1. The zero-order valence-electron chi connectivity index (χ0n) is 21.8. The molecule has 0 radical (unpaired) electrons. The Labute approximate surface area is 227 Å². The number of amidine groups is 1. The third-order valence-electron chi connectivity index (χ3n) is 7.71. The van der Waals surface area contributed by atoms with E-state index in [1.807, 2.05) is 12.1 Å². The maximum absolute atomic E-state index is 13.0. The van der Waals surface area contributed by atoms with Gasteiger partial charge < -0.3 is 14.5 Å². The number of fused-ring (bicyclic) bond motifs is 1. The first-order valence-electron chi connectivity index (χ1n) is 13.3. The summed E-state index contributed by atoms with van der Waals surface area (Å²) in [6.45, 7) is 4.38. The summed E-state index contributed by atoms with van der Waals surface area (Å²) in [5.74, 6) is 0.770. The van der Waals surface area contributed by atoms with Crippen molar-refractivity contribution in [3.63, 3.8) is 0 Å². The van der Waals surface area contributed by atoms with Gasteiger partial charge in [0.1, 0.15) is 18.4 Å². The topological polar surface area (TPSA) is 91.3 Å². The maximum Gasteiger partial charge on any atom is 0.255 e. The van der Waals surface area contributed by atoms with Crippen LogP contribution < -0.4 is 10.1 Å². The molecular weight excluding hydrogens is 492 g/mol. The van der Waals surface area contributed by atoms with Crippen molar-refractivity contribution in [3.8, 4) is 5.75 Å². The number of hydrogen-bond donors (Lipinski definition) is 1. The van der Waals surface area contributed by atoms with Crippen LogP contribution in [0.15, 0.2) is 77.8 Å². The Kier molecular flexibility index (Phi) is 6.60. The zero-order chi connectivity index (χ0) is 26.9. The molecule has 6 rings (SSSR count). The molecule has 2 unspecified atom stereocenters. The van der Waals surface area contributed by atoms with E-state index in [4.69, 9.17) is 9.73 Å². The van der Waals surface area contributed by atoms with Gasteiger partial charge in [-0.15, -0.1) is 0 Å². The van der Waals surface area contributed by atoms with Crippen LogP contribution in [0.25, 0.3) is 0 Å². The predicted octanol–water partition coefficient (Wildman–Crippen LogP) is 4.00. The van der Waals surface area contributed by atoms with Crippen LogP contribution in [0.5, 0.6) is 5.75 Å². The number of benzene rings is 3. The summed E-state index contributed by atoms with van der Waals surface area (Å²) in [4.78, 5) is 45.6. The van der Waals surface area contributed by atoms with Gasteiger partial charge in [-0.2, -0.15) is 0 Å². The van der Waals surface area contributed by atoms with E-state index in [-0.39, 0.29) is 30.8 Å². The Morgan fingerprint density at radius 3 is 2.49 bits per heavy atom. The molecule has 8 heteroatoms. The second-order valence-corrected chi connectivity index (χ2v) is 10.3. The van der Waals surface area contributed by atoms with E-state index in [0.717, 1.165) is 30.1 Å². The van der Waals surface area contributed by atoms with Crippen molar-refractivity contribution in [1.29, 1.82) is 0 Å². The van der Waals surface area contributed by atoms with E-state index in [2.05, 4.69) is 65.7 Å². The second-order valence-electron chi connectivity index (χ2n) is 10.3. The molecule has 198 valence electrons. The molecule has 0 aliphatic carbocycles. The number of nitrogens with one attached hydrogen (secondary N) is 1. The number of imide groups is 1. The van der Waals surface area contributed by atoms with Gasteiger partial charge in [-0.3, -0.25) is 24.7 Å². The quantitative estimate of drug-likeness (QED) is 0.474. The van der Waals surface area contributed by atoms with Crippen molar-refractivity contribution >= 4 is 23.6 Å². The van der Waals surface area contributed by atoms with Crippen molar-refractivity contribution in [2.24, 2.45) is 4.99 Å². The Balaban J connectivity index is 1.07. The monoisotopic (exact) mass is 522 g/mol. The molecule has 2 atom stereocenters. The highest BCUT2D eigenvalue weighted by Crippen LogP contribution is 2.34. The van der Waals surface area contributed by atoms with E-state index < -0.39 is 11.9 Å². The lowest BCUT2D eigenvalue weighted by atomic mass is 10.0. The molecular formula is C31H30N4O4. The second kappa shape index (κ2) is 10.4. The average molecular weight is 523 g/mol. The van der Waals surface area contributed by atoms with Gasteiger partial charge >= 0.3 is 0 Å². The Morgan fingerprint density at radius 1 is 0.949 bits per heavy atom. The molecule has 0 spiro atoms. The fourth-order valence-corrected chi connectivity index (χ4v) is 5.54. The molecule has 8 nitrogen and oxygen atoms in total. The van der Waals surface area contributed by atoms with Gasteiger partial charge in [0.15, 0.2) is 0 Å². The van der Waals surface area contributed by atoms with Gasteiger partial charge in [-0.05, 0) is 42.2 Å². The molecule has 3 amide bonds. The number of aliphatic imine (C=N–C) groups is 1. The molecule has 3 heterocycles. The summed E-state index contributed by atoms with van der Waals surface area (Å²) in [6, 6.07) is 23.7. The number of hydrogen-bond acceptors (Lipinski definition) is 6. The first-order chi connectivity index (χ1) is 19.0. The lowest BCUT2D eigenvalue weighted by molar-refractivity contribution is -0.136. The van der Waals surface area contributed by atoms with Crippen molar-refractivity contribution < 1.29 is 19.1 Å². The molecule has 3 aromatic rings. The highest BCUT2D eigenvalue weighted by Gasteiger charge is 2.40. The summed E-state index contributed by atoms with van der Waals surface area (Å²) < 4.78 is 6.15. The summed E-state index contributed by atoms with van der Waals surface area (Å²) in [7, 11) is 0. The van der Waals surface area contributed by atoms with Crippen LogP contribution in [0, 0.1) is 0 Å². The fourth-order valence-electron chi connectivity index (χ4n) is 5.54. The van der Waals surface area contributed by atoms with Crippen LogP contribution in [0.2, 0.25) is 0 Å². The summed E-state index contributed by atoms with van der Waals surface area (Å²) >= 11 is 0. The number of nitrogens with zero attached hydrogens (tertiary/aromatic N) is 3. The molecule has 3 aromatic carbocycles. The zero-order valence-corrected chi connectivity index (χ0v) is 21.8. The van der Waals surface area contributed by atoms with Crippen LogP contribution in [0.1, 0.15) is 58.4 Å². The minimum Gasteiger partial charge on any atom is -0.489 e. The molecule has 0 aromatic heterocycles. The third-order valence-corrected chi connectivity index (χ3v) is 7.71. The number of amides is 3. The van der Waals surface area contributed by atoms with Crippen LogP contribution in [0.3, 0.4) is 0 Å². The van der Waals surface area contributed by atoms with Crippen molar-refractivity contribution in [2.45, 2.75) is 51.5 Å². The Hall–Kier alpha value is -4.46. The lowest BCUT2D eigenvalue weighted by Gasteiger charge is -2.29. The molecule has 3 aliphatic heterocycles. The highest BCUT2D eigenvalue weighted by atomic mass is 16.5. The van der Waals surface area contributed by atoms with Crippen LogP contribution in [-0.4, -0.2) is 45.9 Å². The minimum atomic E-state index is -0.643. The van der Waals surface area contributed by atoms with E-state index in [1.165, 1.54) is 11.1 Å². The molecule has 0 bridgehead atoms. The van der Waals surface area contributed by atoms with Gasteiger partial charge in [-0.1, -0.05) is 60.7 Å². The molecule has 1 saturated heterocycles. The van der Waals surface area contributed by atoms with Crippen molar-refractivity contribution in [1.82, 2.24) is 15.1 Å². The van der Waals surface area contributed by atoms with E-state index in [1.54, 1.807) is 17.0 Å². The number of ether oxygens (including phenoxy) is 1. The number of carbonyl (C=O) groups is 3. The normalized spacial score (nSPS) is 20.6. The lowest BCUT2D eigenvalue weighted by Crippen LogP contribution is -2.52. The van der Waals surface area contributed by atoms with E-state index in [9.17, 15) is 14.4 Å². The predicted molar refractivity (Wildman–Crippen MR) is 146 cm³/mol. The van der Waals surface area contributed by atoms with E-state index in [0.29, 0.717) is 24.3 Å². The fraction of sp³-hybridized carbons (Fsp3) is 0.290. The van der Waals surface area contributed by atoms with E-state index >= 15 is 0 Å². The van der Waals surface area contributed by atoms with Crippen LogP contribution in [-0.2, 0) is 29.3 Å². The van der Waals surface area contributed by atoms with Gasteiger partial charge in [0.25, 0.3) is 5.91 Å². The number of carbonyl (C=O) groups excluding carboxylic acids is 3. The van der Waals surface area contributed by atoms with Gasteiger partial charge in [0, 0.05) is 30.6 Å². The minimum absolute atomic E-state index is 0.171. The summed E-state index contributed by atoms with van der Waals surface area (Å²) in [5.41, 5.74) is 4.79. The number of rotatable bonds is 7. The standard InChI is InChI=1S/C31H30N4O4/c1-20-32-26(23-6-3-2-4-7-23)18-34(20)16-21-10-12-22(13-11-21)19-39-28-9-5-8-24-25(28)17-35(31(24)38)27-14-15-29(36)33-30(27)37/h2-13,26-27H,14-19H2,1H3,(H,33,36,37). The first-order valence-corrected chi connectivity index (χ1v) is 13.3. The highest BCUT2D eigenvalue weighted by molar-refractivity contribution is 6.05. The van der Waals surface area contributed by atoms with Crippen LogP contribution >= 0.6 is 0 Å². The first kappa shape index (κ1) is 24.9. The maximum atomic E-state index is 13.0. The summed E-state index contributed by atoms with van der Waals surface area (Å²) in [6.07, 6.45) is 0.566. The Bertz CT molecular complexity index is 1450. The Morgan fingerprint density at radius 2 is 1.72 bits per heavy atom. The SMILES string of the molecule is CC1=NC(c2ccccc2)CN1Cc1ccc(COc2cccc3c2CN(C2CCC(=O)NC2=O)C3=O)cc1. The molecule has 0 saturated carbocycles.